The summed E-state index contributed by atoms with van der Waals surface area (Å²) in [5, 5.41) is 6.42. The average Bonchev–Trinajstić information content (AvgIpc) is 2.67. The van der Waals surface area contributed by atoms with Crippen LogP contribution >= 0.6 is 11.3 Å². The highest BCUT2D eigenvalue weighted by Crippen LogP contribution is 2.21. The van der Waals surface area contributed by atoms with Crippen molar-refractivity contribution in [2.45, 2.75) is 27.3 Å². The molecule has 2 aromatic heterocycles. The largest absolute Gasteiger partial charge is 0.365 e. The van der Waals surface area contributed by atoms with Crippen LogP contribution in [-0.2, 0) is 6.54 Å². The van der Waals surface area contributed by atoms with Gasteiger partial charge in [0.05, 0.1) is 6.54 Å². The predicted octanol–water partition coefficient (Wildman–Crippen LogP) is 3.20. The van der Waals surface area contributed by atoms with Crippen LogP contribution in [0, 0.1) is 13.8 Å². The third-order valence-corrected chi connectivity index (χ3v) is 3.80. The third kappa shape index (κ3) is 3.20. The van der Waals surface area contributed by atoms with Crippen molar-refractivity contribution < 1.29 is 0 Å². The first-order valence-electron chi connectivity index (χ1n) is 6.05. The van der Waals surface area contributed by atoms with Gasteiger partial charge in [-0.15, -0.1) is 11.3 Å². The number of aromatic nitrogens is 2. The lowest BCUT2D eigenvalue weighted by Gasteiger charge is -2.06. The van der Waals surface area contributed by atoms with Crippen LogP contribution in [0.1, 0.15) is 22.2 Å². The summed E-state index contributed by atoms with van der Waals surface area (Å²) >= 11 is 1.83. The van der Waals surface area contributed by atoms with Gasteiger partial charge in [0.25, 0.3) is 0 Å². The molecule has 5 heteroatoms. The molecule has 0 bridgehead atoms. The lowest BCUT2D eigenvalue weighted by molar-refractivity contribution is 1.06. The minimum atomic E-state index is 0.668. The molecule has 96 valence electrons. The zero-order valence-corrected chi connectivity index (χ0v) is 11.8. The van der Waals surface area contributed by atoms with Crippen molar-refractivity contribution in [3.63, 3.8) is 0 Å². The quantitative estimate of drug-likeness (QED) is 0.869. The summed E-state index contributed by atoms with van der Waals surface area (Å²) < 4.78 is 0. The molecule has 0 spiro atoms. The molecule has 0 saturated heterocycles. The molecule has 2 aromatic rings. The molecule has 0 aliphatic carbocycles. The Hall–Kier alpha value is -1.62. The smallest absolute Gasteiger partial charge is 0.224 e. The van der Waals surface area contributed by atoms with Crippen molar-refractivity contribution >= 4 is 23.1 Å². The molecule has 0 atom stereocenters. The number of rotatable bonds is 5. The van der Waals surface area contributed by atoms with E-state index in [0.29, 0.717) is 5.95 Å². The maximum absolute atomic E-state index is 4.38. The van der Waals surface area contributed by atoms with E-state index in [1.54, 1.807) is 6.20 Å². The van der Waals surface area contributed by atoms with E-state index in [-0.39, 0.29) is 0 Å². The topological polar surface area (TPSA) is 49.8 Å². The highest BCUT2D eigenvalue weighted by Gasteiger charge is 2.02. The summed E-state index contributed by atoms with van der Waals surface area (Å²) in [6, 6.07) is 4.10. The van der Waals surface area contributed by atoms with E-state index in [0.717, 1.165) is 18.9 Å². The molecule has 0 radical (unpaired) electrons. The summed E-state index contributed by atoms with van der Waals surface area (Å²) in [7, 11) is 0. The van der Waals surface area contributed by atoms with E-state index in [4.69, 9.17) is 0 Å². The fourth-order valence-corrected chi connectivity index (χ4v) is 2.61. The summed E-state index contributed by atoms with van der Waals surface area (Å²) in [4.78, 5) is 11.2. The van der Waals surface area contributed by atoms with Crippen molar-refractivity contribution in [1.29, 1.82) is 0 Å². The van der Waals surface area contributed by atoms with Crippen LogP contribution < -0.4 is 10.6 Å². The van der Waals surface area contributed by atoms with Crippen molar-refractivity contribution in [2.24, 2.45) is 0 Å². The van der Waals surface area contributed by atoms with E-state index < -0.39 is 0 Å². The van der Waals surface area contributed by atoms with Gasteiger partial charge >= 0.3 is 0 Å². The first-order chi connectivity index (χ1) is 8.69. The molecular weight excluding hydrogens is 244 g/mol. The van der Waals surface area contributed by atoms with Gasteiger partial charge in [-0.25, -0.2) is 4.98 Å². The van der Waals surface area contributed by atoms with E-state index in [2.05, 4.69) is 40.5 Å². The molecule has 0 aliphatic rings. The number of hydrogen-bond acceptors (Lipinski definition) is 5. The molecule has 4 nitrogen and oxygen atoms in total. The fraction of sp³-hybridized carbons (Fsp3) is 0.385. The molecule has 0 aromatic carbocycles. The van der Waals surface area contributed by atoms with Crippen molar-refractivity contribution in [3.05, 3.63) is 33.6 Å². The normalized spacial score (nSPS) is 10.4. The van der Waals surface area contributed by atoms with Gasteiger partial charge in [-0.3, -0.25) is 0 Å². The van der Waals surface area contributed by atoms with Gasteiger partial charge in [-0.05, 0) is 38.5 Å². The van der Waals surface area contributed by atoms with Gasteiger partial charge in [-0.2, -0.15) is 4.98 Å². The van der Waals surface area contributed by atoms with Crippen molar-refractivity contribution in [3.8, 4) is 0 Å². The van der Waals surface area contributed by atoms with E-state index in [1.165, 1.54) is 15.3 Å². The van der Waals surface area contributed by atoms with Gasteiger partial charge in [-0.1, -0.05) is 0 Å². The number of nitrogens with one attached hydrogen (secondary N) is 2. The Bertz CT molecular complexity index is 502. The Balaban J connectivity index is 1.99. The Morgan fingerprint density at radius 1 is 1.28 bits per heavy atom. The van der Waals surface area contributed by atoms with Gasteiger partial charge in [0.1, 0.15) is 5.82 Å². The van der Waals surface area contributed by atoms with E-state index >= 15 is 0 Å². The van der Waals surface area contributed by atoms with Crippen LogP contribution in [0.2, 0.25) is 0 Å². The molecule has 2 heterocycles. The first kappa shape index (κ1) is 12.8. The molecule has 2 N–H and O–H groups in total. The van der Waals surface area contributed by atoms with Gasteiger partial charge < -0.3 is 10.6 Å². The highest BCUT2D eigenvalue weighted by molar-refractivity contribution is 7.12. The second-order valence-corrected chi connectivity index (χ2v) is 5.44. The van der Waals surface area contributed by atoms with Crippen molar-refractivity contribution in [1.82, 2.24) is 9.97 Å². The zero-order valence-electron chi connectivity index (χ0n) is 10.9. The Kier molecular flexibility index (Phi) is 4.15. The Labute approximate surface area is 111 Å². The molecule has 0 unspecified atom stereocenters. The SMILES string of the molecule is CCNc1nccc(NCc2cc(C)c(C)s2)n1. The second-order valence-electron chi connectivity index (χ2n) is 4.10. The molecule has 0 amide bonds. The molecular formula is C13H18N4S. The van der Waals surface area contributed by atoms with Crippen LogP contribution in [-0.4, -0.2) is 16.5 Å². The maximum Gasteiger partial charge on any atom is 0.224 e. The van der Waals surface area contributed by atoms with Crippen LogP contribution in [0.15, 0.2) is 18.3 Å². The summed E-state index contributed by atoms with van der Waals surface area (Å²) in [5.41, 5.74) is 1.35. The summed E-state index contributed by atoms with van der Waals surface area (Å²) in [6.07, 6.45) is 1.76. The lowest BCUT2D eigenvalue weighted by Crippen LogP contribution is -2.05. The third-order valence-electron chi connectivity index (χ3n) is 2.65. The lowest BCUT2D eigenvalue weighted by atomic mass is 10.3. The maximum atomic E-state index is 4.38. The average molecular weight is 262 g/mol. The van der Waals surface area contributed by atoms with Crippen LogP contribution in [0.4, 0.5) is 11.8 Å². The second kappa shape index (κ2) is 5.82. The minimum Gasteiger partial charge on any atom is -0.365 e. The van der Waals surface area contributed by atoms with Gasteiger partial charge in [0.15, 0.2) is 0 Å². The number of thiophene rings is 1. The minimum absolute atomic E-state index is 0.668. The molecule has 0 fully saturated rings. The first-order valence-corrected chi connectivity index (χ1v) is 6.87. The van der Waals surface area contributed by atoms with Crippen LogP contribution in [0.3, 0.4) is 0 Å². The number of anilines is 2. The van der Waals surface area contributed by atoms with Gasteiger partial charge in [0, 0.05) is 22.5 Å². The van der Waals surface area contributed by atoms with E-state index in [1.807, 2.05) is 24.3 Å². The number of nitrogens with zero attached hydrogens (tertiary/aromatic N) is 2. The van der Waals surface area contributed by atoms with Crippen molar-refractivity contribution in [2.75, 3.05) is 17.2 Å². The number of aryl methyl sites for hydroxylation is 2. The Morgan fingerprint density at radius 2 is 2.11 bits per heavy atom. The molecule has 0 saturated carbocycles. The fourth-order valence-electron chi connectivity index (χ4n) is 1.61. The van der Waals surface area contributed by atoms with Crippen LogP contribution in [0.5, 0.6) is 0 Å². The van der Waals surface area contributed by atoms with Crippen LogP contribution in [0.25, 0.3) is 0 Å². The van der Waals surface area contributed by atoms with E-state index in [9.17, 15) is 0 Å². The molecule has 18 heavy (non-hydrogen) atoms. The zero-order chi connectivity index (χ0) is 13.0. The van der Waals surface area contributed by atoms with Gasteiger partial charge in [0.2, 0.25) is 5.95 Å². The molecule has 0 aliphatic heterocycles. The Morgan fingerprint density at radius 3 is 2.78 bits per heavy atom. The highest BCUT2D eigenvalue weighted by atomic mass is 32.1. The molecule has 2 rings (SSSR count). The monoisotopic (exact) mass is 262 g/mol. The predicted molar refractivity (Wildman–Crippen MR) is 77.3 cm³/mol. The summed E-state index contributed by atoms with van der Waals surface area (Å²) in [6.45, 7) is 7.95. The number of hydrogen-bond donors (Lipinski definition) is 2. The standard InChI is InChI=1S/C13H18N4S/c1-4-14-13-15-6-5-12(17-13)16-8-11-7-9(2)10(3)18-11/h5-7H,4,8H2,1-3H3,(H2,14,15,16,17). The summed E-state index contributed by atoms with van der Waals surface area (Å²) in [5.74, 6) is 1.52.